The average Bonchev–Trinajstić information content (AvgIpc) is 3.56. The Morgan fingerprint density at radius 1 is 0.943 bits per heavy atom. The van der Waals surface area contributed by atoms with Crippen molar-refractivity contribution in [3.63, 3.8) is 0 Å². The first kappa shape index (κ1) is 22.8. The molecule has 1 fully saturated rings. The number of hydrogen-bond donors (Lipinski definition) is 2. The van der Waals surface area contributed by atoms with Crippen LogP contribution in [-0.2, 0) is 16.0 Å². The van der Waals surface area contributed by atoms with Gasteiger partial charge < -0.3 is 15.2 Å². The molecule has 0 aliphatic carbocycles. The molecule has 1 aliphatic rings. The number of fused-ring (bicyclic) bond motifs is 1. The van der Waals surface area contributed by atoms with Crippen LogP contribution in [-0.4, -0.2) is 45.8 Å². The molecular formula is C29H30N4O2. The lowest BCUT2D eigenvalue weighted by Crippen LogP contribution is -2.46. The van der Waals surface area contributed by atoms with E-state index in [0.29, 0.717) is 32.4 Å². The van der Waals surface area contributed by atoms with Gasteiger partial charge in [-0.1, -0.05) is 72.8 Å². The van der Waals surface area contributed by atoms with Crippen LogP contribution in [0.1, 0.15) is 42.1 Å². The first-order valence-electron chi connectivity index (χ1n) is 12.3. The number of H-pyrrole nitrogens is 1. The molecule has 1 aliphatic heterocycles. The van der Waals surface area contributed by atoms with Gasteiger partial charge in [-0.25, -0.2) is 4.98 Å². The minimum absolute atomic E-state index is 0.00535. The first-order valence-corrected chi connectivity index (χ1v) is 12.3. The van der Waals surface area contributed by atoms with Gasteiger partial charge in [0.2, 0.25) is 11.8 Å². The number of nitrogens with zero attached hydrogens (tertiary/aromatic N) is 2. The average molecular weight is 467 g/mol. The lowest BCUT2D eigenvalue weighted by atomic mass is 9.91. The number of aromatic nitrogens is 2. The maximum Gasteiger partial charge on any atom is 0.242 e. The first-order chi connectivity index (χ1) is 17.2. The number of amides is 2. The standard InChI is InChI=1S/C29H30N4O2/c34-28(18-17-27-31-24-14-7-8-15-25(24)32-27)33-19-9-16-26(33)29(35)30-20-23(21-10-3-1-4-11-21)22-12-5-2-6-13-22/h1-8,10-15,23,26H,9,16-20H2,(H,30,35)(H,31,32)/t26-/m0/s1. The zero-order valence-corrected chi connectivity index (χ0v) is 19.7. The van der Waals surface area contributed by atoms with Crippen molar-refractivity contribution in [3.8, 4) is 0 Å². The van der Waals surface area contributed by atoms with Crippen LogP contribution >= 0.6 is 0 Å². The molecule has 0 radical (unpaired) electrons. The number of imidazole rings is 1. The summed E-state index contributed by atoms with van der Waals surface area (Å²) in [4.78, 5) is 35.8. The molecule has 1 aromatic heterocycles. The molecule has 0 unspecified atom stereocenters. The second-order valence-corrected chi connectivity index (χ2v) is 9.06. The minimum atomic E-state index is -0.412. The highest BCUT2D eigenvalue weighted by atomic mass is 16.2. The van der Waals surface area contributed by atoms with E-state index in [4.69, 9.17) is 0 Å². The number of aryl methyl sites for hydroxylation is 1. The molecule has 2 heterocycles. The van der Waals surface area contributed by atoms with E-state index in [2.05, 4.69) is 39.6 Å². The molecule has 0 bridgehead atoms. The summed E-state index contributed by atoms with van der Waals surface area (Å²) in [7, 11) is 0. The number of aromatic amines is 1. The number of carbonyl (C=O) groups is 2. The van der Waals surface area contributed by atoms with Gasteiger partial charge in [0.1, 0.15) is 11.9 Å². The predicted molar refractivity (Wildman–Crippen MR) is 137 cm³/mol. The van der Waals surface area contributed by atoms with E-state index >= 15 is 0 Å². The highest BCUT2D eigenvalue weighted by Gasteiger charge is 2.34. The maximum atomic E-state index is 13.2. The Labute approximate surface area is 205 Å². The molecule has 0 spiro atoms. The summed E-state index contributed by atoms with van der Waals surface area (Å²) in [5, 5.41) is 3.15. The second-order valence-electron chi connectivity index (χ2n) is 9.06. The molecule has 178 valence electrons. The Hall–Kier alpha value is -3.93. The molecule has 2 amide bonds. The predicted octanol–water partition coefficient (Wildman–Crippen LogP) is 4.43. The lowest BCUT2D eigenvalue weighted by molar-refractivity contribution is -0.138. The van der Waals surface area contributed by atoms with Gasteiger partial charge in [0, 0.05) is 31.8 Å². The Morgan fingerprint density at radius 2 is 1.60 bits per heavy atom. The molecule has 2 N–H and O–H groups in total. The maximum absolute atomic E-state index is 13.2. The van der Waals surface area contributed by atoms with E-state index in [1.807, 2.05) is 60.7 Å². The Kier molecular flexibility index (Phi) is 6.89. The van der Waals surface area contributed by atoms with Gasteiger partial charge in [-0.05, 0) is 36.1 Å². The minimum Gasteiger partial charge on any atom is -0.353 e. The molecular weight excluding hydrogens is 436 g/mol. The largest absolute Gasteiger partial charge is 0.353 e. The second kappa shape index (κ2) is 10.6. The molecule has 1 saturated heterocycles. The zero-order chi connectivity index (χ0) is 24.0. The van der Waals surface area contributed by atoms with Crippen molar-refractivity contribution in [1.29, 1.82) is 0 Å². The van der Waals surface area contributed by atoms with Crippen LogP contribution in [0.3, 0.4) is 0 Å². The lowest BCUT2D eigenvalue weighted by Gasteiger charge is -2.25. The van der Waals surface area contributed by atoms with Crippen LogP contribution in [0.4, 0.5) is 0 Å². The number of para-hydroxylation sites is 2. The van der Waals surface area contributed by atoms with E-state index in [1.54, 1.807) is 4.90 Å². The number of benzene rings is 3. The Morgan fingerprint density at radius 3 is 2.29 bits per heavy atom. The van der Waals surface area contributed by atoms with Crippen LogP contribution in [0.25, 0.3) is 11.0 Å². The van der Waals surface area contributed by atoms with Crippen molar-refractivity contribution in [3.05, 3.63) is 102 Å². The van der Waals surface area contributed by atoms with E-state index < -0.39 is 6.04 Å². The van der Waals surface area contributed by atoms with Gasteiger partial charge in [-0.15, -0.1) is 0 Å². The van der Waals surface area contributed by atoms with Gasteiger partial charge in [0.15, 0.2) is 0 Å². The molecule has 1 atom stereocenters. The van der Waals surface area contributed by atoms with Crippen molar-refractivity contribution in [1.82, 2.24) is 20.2 Å². The third-order valence-electron chi connectivity index (χ3n) is 6.77. The van der Waals surface area contributed by atoms with Gasteiger partial charge in [-0.3, -0.25) is 9.59 Å². The third-order valence-corrected chi connectivity index (χ3v) is 6.77. The topological polar surface area (TPSA) is 78.1 Å². The fourth-order valence-corrected chi connectivity index (χ4v) is 4.95. The number of nitrogens with one attached hydrogen (secondary N) is 2. The molecule has 0 saturated carbocycles. The number of hydrogen-bond acceptors (Lipinski definition) is 3. The van der Waals surface area contributed by atoms with Crippen molar-refractivity contribution >= 4 is 22.8 Å². The molecule has 5 rings (SSSR count). The monoisotopic (exact) mass is 466 g/mol. The quantitative estimate of drug-likeness (QED) is 0.403. The Balaban J connectivity index is 1.21. The summed E-state index contributed by atoms with van der Waals surface area (Å²) in [5.74, 6) is 0.788. The summed E-state index contributed by atoms with van der Waals surface area (Å²) in [6.07, 6.45) is 2.40. The summed E-state index contributed by atoms with van der Waals surface area (Å²) in [6, 6.07) is 27.9. The number of rotatable bonds is 8. The number of likely N-dealkylation sites (tertiary alicyclic amines) is 1. The van der Waals surface area contributed by atoms with Crippen molar-refractivity contribution in [2.45, 2.75) is 37.6 Å². The number of carbonyl (C=O) groups excluding carboxylic acids is 2. The van der Waals surface area contributed by atoms with Crippen molar-refractivity contribution < 1.29 is 9.59 Å². The van der Waals surface area contributed by atoms with E-state index in [-0.39, 0.29) is 17.7 Å². The van der Waals surface area contributed by atoms with Gasteiger partial charge >= 0.3 is 0 Å². The van der Waals surface area contributed by atoms with Crippen molar-refractivity contribution in [2.24, 2.45) is 0 Å². The van der Waals surface area contributed by atoms with Crippen LogP contribution < -0.4 is 5.32 Å². The molecule has 6 nitrogen and oxygen atoms in total. The zero-order valence-electron chi connectivity index (χ0n) is 19.7. The summed E-state index contributed by atoms with van der Waals surface area (Å²) in [5.41, 5.74) is 4.19. The fourth-order valence-electron chi connectivity index (χ4n) is 4.95. The SMILES string of the molecule is O=C(NCC(c1ccccc1)c1ccccc1)[C@@H]1CCCN1C(=O)CCc1nc2ccccc2[nH]1. The summed E-state index contributed by atoms with van der Waals surface area (Å²) >= 11 is 0. The highest BCUT2D eigenvalue weighted by Crippen LogP contribution is 2.25. The third kappa shape index (κ3) is 5.27. The smallest absolute Gasteiger partial charge is 0.242 e. The highest BCUT2D eigenvalue weighted by molar-refractivity contribution is 5.88. The molecule has 35 heavy (non-hydrogen) atoms. The summed E-state index contributed by atoms with van der Waals surface area (Å²) in [6.45, 7) is 1.11. The van der Waals surface area contributed by atoms with Gasteiger partial charge in [-0.2, -0.15) is 0 Å². The van der Waals surface area contributed by atoms with E-state index in [9.17, 15) is 9.59 Å². The van der Waals surface area contributed by atoms with Crippen LogP contribution in [0, 0.1) is 0 Å². The van der Waals surface area contributed by atoms with Crippen LogP contribution in [0.15, 0.2) is 84.9 Å². The van der Waals surface area contributed by atoms with E-state index in [0.717, 1.165) is 34.4 Å². The van der Waals surface area contributed by atoms with Gasteiger partial charge in [0.05, 0.1) is 11.0 Å². The van der Waals surface area contributed by atoms with Crippen LogP contribution in [0.5, 0.6) is 0 Å². The van der Waals surface area contributed by atoms with E-state index in [1.165, 1.54) is 0 Å². The Bertz CT molecular complexity index is 1210. The summed E-state index contributed by atoms with van der Waals surface area (Å²) < 4.78 is 0. The molecule has 4 aromatic rings. The van der Waals surface area contributed by atoms with Crippen molar-refractivity contribution in [2.75, 3.05) is 13.1 Å². The van der Waals surface area contributed by atoms with Crippen LogP contribution in [0.2, 0.25) is 0 Å². The molecule has 6 heteroatoms. The fraction of sp³-hybridized carbons (Fsp3) is 0.276. The molecule has 3 aromatic carbocycles. The normalized spacial score (nSPS) is 15.6. The van der Waals surface area contributed by atoms with Gasteiger partial charge in [0.25, 0.3) is 0 Å².